The monoisotopic (exact) mass is 289 g/mol. The number of amides is 3. The highest BCUT2D eigenvalue weighted by Crippen LogP contribution is 2.21. The van der Waals surface area contributed by atoms with Crippen LogP contribution in [0.25, 0.3) is 0 Å². The predicted octanol–water partition coefficient (Wildman–Crippen LogP) is -0.0723. The quantitative estimate of drug-likeness (QED) is 0.673. The Morgan fingerprint density at radius 1 is 1.42 bits per heavy atom. The van der Waals surface area contributed by atoms with E-state index in [0.29, 0.717) is 11.6 Å². The lowest BCUT2D eigenvalue weighted by atomic mass is 9.92. The molecule has 0 aromatic rings. The zero-order chi connectivity index (χ0) is 14.6. The first-order valence-electron chi connectivity index (χ1n) is 5.87. The van der Waals surface area contributed by atoms with E-state index < -0.39 is 23.5 Å². The molecular formula is C11H19N3O4S. The Morgan fingerprint density at radius 3 is 2.58 bits per heavy atom. The van der Waals surface area contributed by atoms with Gasteiger partial charge in [0.25, 0.3) is 0 Å². The third-order valence-electron chi connectivity index (χ3n) is 2.95. The van der Waals surface area contributed by atoms with E-state index in [4.69, 9.17) is 5.11 Å². The average molecular weight is 289 g/mol. The smallest absolute Gasteiger partial charge is 0.327 e. The highest BCUT2D eigenvalue weighted by molar-refractivity contribution is 7.99. The molecule has 0 aromatic carbocycles. The van der Waals surface area contributed by atoms with Crippen LogP contribution < -0.4 is 10.6 Å². The van der Waals surface area contributed by atoms with E-state index in [9.17, 15) is 14.4 Å². The summed E-state index contributed by atoms with van der Waals surface area (Å²) in [4.78, 5) is 35.7. The Kier molecular flexibility index (Phi) is 5.04. The van der Waals surface area contributed by atoms with Crippen LogP contribution >= 0.6 is 11.8 Å². The van der Waals surface area contributed by atoms with Gasteiger partial charge in [0, 0.05) is 19.3 Å². The Labute approximate surface area is 116 Å². The molecule has 0 saturated carbocycles. The van der Waals surface area contributed by atoms with Gasteiger partial charge in [-0.05, 0) is 13.8 Å². The van der Waals surface area contributed by atoms with Gasteiger partial charge in [-0.25, -0.2) is 9.59 Å². The van der Waals surface area contributed by atoms with Gasteiger partial charge in [0.1, 0.15) is 6.04 Å². The summed E-state index contributed by atoms with van der Waals surface area (Å²) in [5.74, 6) is -0.450. The Bertz CT molecular complexity index is 386. The van der Waals surface area contributed by atoms with E-state index >= 15 is 0 Å². The number of hydrogen-bond donors (Lipinski definition) is 3. The fourth-order valence-corrected chi connectivity index (χ4v) is 2.81. The van der Waals surface area contributed by atoms with Crippen LogP contribution in [-0.2, 0) is 9.59 Å². The fourth-order valence-electron chi connectivity index (χ4n) is 1.66. The van der Waals surface area contributed by atoms with E-state index in [1.165, 1.54) is 23.7 Å². The fraction of sp³-hybridized carbons (Fsp3) is 0.727. The number of aliphatic carboxylic acids is 1. The van der Waals surface area contributed by atoms with Gasteiger partial charge in [0.15, 0.2) is 0 Å². The van der Waals surface area contributed by atoms with Crippen molar-refractivity contribution in [1.82, 2.24) is 15.5 Å². The van der Waals surface area contributed by atoms with Gasteiger partial charge < -0.3 is 20.6 Å². The van der Waals surface area contributed by atoms with Gasteiger partial charge in [-0.2, -0.15) is 0 Å². The number of carboxylic acid groups (broad SMARTS) is 1. The van der Waals surface area contributed by atoms with Crippen molar-refractivity contribution in [3.63, 3.8) is 0 Å². The Balaban J connectivity index is 2.56. The van der Waals surface area contributed by atoms with E-state index in [1.807, 2.05) is 0 Å². The number of thioether (sulfide) groups is 1. The highest BCUT2D eigenvalue weighted by Gasteiger charge is 2.35. The molecule has 1 atom stereocenters. The molecule has 0 bridgehead atoms. The van der Waals surface area contributed by atoms with Gasteiger partial charge in [-0.1, -0.05) is 0 Å². The summed E-state index contributed by atoms with van der Waals surface area (Å²) >= 11 is 1.40. The molecule has 1 rings (SSSR count). The number of hydrogen-bond acceptors (Lipinski definition) is 4. The zero-order valence-corrected chi connectivity index (χ0v) is 12.0. The molecule has 1 aliphatic heterocycles. The molecule has 8 heteroatoms. The normalized spacial score (nSPS) is 19.1. The minimum absolute atomic E-state index is 0.152. The maximum Gasteiger partial charge on any atom is 0.327 e. The third kappa shape index (κ3) is 3.76. The van der Waals surface area contributed by atoms with Gasteiger partial charge >= 0.3 is 12.0 Å². The lowest BCUT2D eigenvalue weighted by molar-refractivity contribution is -0.140. The maximum atomic E-state index is 11.9. The summed E-state index contributed by atoms with van der Waals surface area (Å²) in [6.07, 6.45) is 0. The minimum atomic E-state index is -1.01. The molecule has 0 aliphatic carbocycles. The second-order valence-electron chi connectivity index (χ2n) is 4.95. The molecule has 108 valence electrons. The van der Waals surface area contributed by atoms with Crippen molar-refractivity contribution < 1.29 is 19.5 Å². The molecule has 19 heavy (non-hydrogen) atoms. The highest BCUT2D eigenvalue weighted by atomic mass is 32.2. The Morgan fingerprint density at radius 2 is 2.05 bits per heavy atom. The number of nitrogens with one attached hydrogen (secondary N) is 2. The summed E-state index contributed by atoms with van der Waals surface area (Å²) in [5, 5.41) is 14.1. The first-order valence-corrected chi connectivity index (χ1v) is 7.02. The molecule has 1 unspecified atom stereocenters. The van der Waals surface area contributed by atoms with Crippen molar-refractivity contribution in [1.29, 1.82) is 0 Å². The van der Waals surface area contributed by atoms with Crippen LogP contribution in [0.5, 0.6) is 0 Å². The number of urea groups is 1. The number of carbonyl (C=O) groups excluding carboxylic acids is 2. The van der Waals surface area contributed by atoms with Crippen molar-refractivity contribution in [3.05, 3.63) is 0 Å². The standard InChI is InChI=1S/C11H19N3O4S/c1-11(2,9(17)12-3)5-13-10(18)14-6-19-4-7(14)8(15)16/h7H,4-6H2,1-3H3,(H,12,17)(H,13,18)(H,15,16). The van der Waals surface area contributed by atoms with E-state index in [1.54, 1.807) is 13.8 Å². The number of carboxylic acids is 1. The van der Waals surface area contributed by atoms with Crippen LogP contribution in [0.4, 0.5) is 4.79 Å². The van der Waals surface area contributed by atoms with E-state index in [2.05, 4.69) is 10.6 Å². The molecule has 1 heterocycles. The summed E-state index contributed by atoms with van der Waals surface area (Å²) < 4.78 is 0. The molecule has 7 nitrogen and oxygen atoms in total. The van der Waals surface area contributed by atoms with Gasteiger partial charge in [-0.3, -0.25) is 4.79 Å². The summed E-state index contributed by atoms with van der Waals surface area (Å²) in [6, 6.07) is -1.25. The SMILES string of the molecule is CNC(=O)C(C)(C)CNC(=O)N1CSCC1C(=O)O. The lowest BCUT2D eigenvalue weighted by Gasteiger charge is -2.26. The topological polar surface area (TPSA) is 98.7 Å². The molecule has 0 aromatic heterocycles. The predicted molar refractivity (Wildman–Crippen MR) is 71.8 cm³/mol. The molecule has 3 N–H and O–H groups in total. The maximum absolute atomic E-state index is 11.9. The number of rotatable bonds is 4. The second kappa shape index (κ2) is 6.14. The van der Waals surface area contributed by atoms with Crippen LogP contribution in [0.3, 0.4) is 0 Å². The largest absolute Gasteiger partial charge is 0.480 e. The van der Waals surface area contributed by atoms with Crippen molar-refractivity contribution in [3.8, 4) is 0 Å². The van der Waals surface area contributed by atoms with Crippen LogP contribution in [0.15, 0.2) is 0 Å². The lowest BCUT2D eigenvalue weighted by Crippen LogP contribution is -2.50. The molecule has 0 spiro atoms. The van der Waals surface area contributed by atoms with Crippen LogP contribution in [-0.4, -0.2) is 59.2 Å². The molecule has 1 fully saturated rings. The number of nitrogens with zero attached hydrogens (tertiary/aromatic N) is 1. The molecular weight excluding hydrogens is 270 g/mol. The van der Waals surface area contributed by atoms with Crippen molar-refractivity contribution in [2.45, 2.75) is 19.9 Å². The molecule has 1 saturated heterocycles. The van der Waals surface area contributed by atoms with Crippen LogP contribution in [0.1, 0.15) is 13.8 Å². The minimum Gasteiger partial charge on any atom is -0.480 e. The molecule has 1 aliphatic rings. The summed E-state index contributed by atoms with van der Waals surface area (Å²) in [7, 11) is 1.53. The first kappa shape index (κ1) is 15.6. The molecule has 3 amide bonds. The van der Waals surface area contributed by atoms with Crippen molar-refractivity contribution >= 4 is 29.7 Å². The van der Waals surface area contributed by atoms with E-state index in [0.717, 1.165) is 0 Å². The van der Waals surface area contributed by atoms with Crippen molar-refractivity contribution in [2.24, 2.45) is 5.41 Å². The van der Waals surface area contributed by atoms with Gasteiger partial charge in [0.05, 0.1) is 11.3 Å². The zero-order valence-electron chi connectivity index (χ0n) is 11.2. The Hall–Kier alpha value is -1.44. The van der Waals surface area contributed by atoms with E-state index in [-0.39, 0.29) is 12.5 Å². The second-order valence-corrected chi connectivity index (χ2v) is 5.95. The first-order chi connectivity index (χ1) is 8.79. The summed E-state index contributed by atoms with van der Waals surface area (Å²) in [6.45, 7) is 3.57. The molecule has 0 radical (unpaired) electrons. The van der Waals surface area contributed by atoms with Gasteiger partial charge in [-0.15, -0.1) is 11.8 Å². The number of carbonyl (C=O) groups is 3. The van der Waals surface area contributed by atoms with Crippen molar-refractivity contribution in [2.75, 3.05) is 25.2 Å². The van der Waals surface area contributed by atoms with Crippen LogP contribution in [0.2, 0.25) is 0 Å². The third-order valence-corrected chi connectivity index (χ3v) is 3.96. The van der Waals surface area contributed by atoms with Gasteiger partial charge in [0.2, 0.25) is 5.91 Å². The summed E-state index contributed by atoms with van der Waals surface area (Å²) in [5.41, 5.74) is -0.740. The van der Waals surface area contributed by atoms with Crippen LogP contribution in [0, 0.1) is 5.41 Å². The average Bonchev–Trinajstić information content (AvgIpc) is 2.84.